The third kappa shape index (κ3) is 2.93. The SMILES string of the molecule is CC(=O)N1CCc2cc(C(=O)N3CCC(C(=O)O)CC3)ccc21. The van der Waals surface area contributed by atoms with E-state index in [4.69, 9.17) is 5.11 Å². The molecule has 6 nitrogen and oxygen atoms in total. The zero-order valence-electron chi connectivity index (χ0n) is 13.1. The minimum Gasteiger partial charge on any atom is -0.481 e. The number of piperidine rings is 1. The lowest BCUT2D eigenvalue weighted by molar-refractivity contribution is -0.143. The minimum absolute atomic E-state index is 0.0126. The number of carboxylic acids is 1. The largest absolute Gasteiger partial charge is 0.481 e. The van der Waals surface area contributed by atoms with Crippen LogP contribution in [-0.4, -0.2) is 47.4 Å². The molecule has 0 saturated carbocycles. The topological polar surface area (TPSA) is 77.9 Å². The number of hydrogen-bond donors (Lipinski definition) is 1. The van der Waals surface area contributed by atoms with Gasteiger partial charge in [-0.05, 0) is 43.0 Å². The van der Waals surface area contributed by atoms with E-state index in [0.29, 0.717) is 38.0 Å². The number of hydrogen-bond acceptors (Lipinski definition) is 3. The lowest BCUT2D eigenvalue weighted by atomic mass is 9.96. The number of fused-ring (bicyclic) bond motifs is 1. The summed E-state index contributed by atoms with van der Waals surface area (Å²) in [6.07, 6.45) is 1.77. The fraction of sp³-hybridized carbons (Fsp3) is 0.471. The third-order valence-corrected chi connectivity index (χ3v) is 4.73. The Bertz CT molecular complexity index is 663. The van der Waals surface area contributed by atoms with Gasteiger partial charge < -0.3 is 14.9 Å². The monoisotopic (exact) mass is 316 g/mol. The van der Waals surface area contributed by atoms with Gasteiger partial charge in [-0.15, -0.1) is 0 Å². The third-order valence-electron chi connectivity index (χ3n) is 4.73. The molecule has 1 saturated heterocycles. The molecule has 1 N–H and O–H groups in total. The number of anilines is 1. The summed E-state index contributed by atoms with van der Waals surface area (Å²) in [5.74, 6) is -1.17. The molecule has 2 aliphatic heterocycles. The Kier molecular flexibility index (Phi) is 4.07. The van der Waals surface area contributed by atoms with Gasteiger partial charge in [0.2, 0.25) is 5.91 Å². The molecular weight excluding hydrogens is 296 g/mol. The Balaban J connectivity index is 1.72. The number of nitrogens with zero attached hydrogens (tertiary/aromatic N) is 2. The lowest BCUT2D eigenvalue weighted by Gasteiger charge is -2.30. The molecule has 0 unspecified atom stereocenters. The van der Waals surface area contributed by atoms with Gasteiger partial charge in [0.25, 0.3) is 5.91 Å². The van der Waals surface area contributed by atoms with E-state index in [1.807, 2.05) is 12.1 Å². The highest BCUT2D eigenvalue weighted by Gasteiger charge is 2.29. The van der Waals surface area contributed by atoms with Crippen molar-refractivity contribution >= 4 is 23.5 Å². The van der Waals surface area contributed by atoms with Gasteiger partial charge in [0, 0.05) is 37.8 Å². The van der Waals surface area contributed by atoms with Crippen molar-refractivity contribution in [2.75, 3.05) is 24.5 Å². The van der Waals surface area contributed by atoms with Gasteiger partial charge in [0.05, 0.1) is 5.92 Å². The molecular formula is C17H20N2O4. The van der Waals surface area contributed by atoms with Crippen LogP contribution in [0.2, 0.25) is 0 Å². The Morgan fingerprint density at radius 3 is 2.43 bits per heavy atom. The van der Waals surface area contributed by atoms with Gasteiger partial charge in [-0.3, -0.25) is 14.4 Å². The zero-order chi connectivity index (χ0) is 16.6. The van der Waals surface area contributed by atoms with Crippen molar-refractivity contribution in [2.45, 2.75) is 26.2 Å². The first-order chi connectivity index (χ1) is 11.0. The zero-order valence-corrected chi connectivity index (χ0v) is 13.1. The van der Waals surface area contributed by atoms with E-state index in [9.17, 15) is 14.4 Å². The summed E-state index contributed by atoms with van der Waals surface area (Å²) >= 11 is 0. The quantitative estimate of drug-likeness (QED) is 0.897. The summed E-state index contributed by atoms with van der Waals surface area (Å²) in [6, 6.07) is 5.45. The second kappa shape index (κ2) is 6.02. The van der Waals surface area contributed by atoms with E-state index >= 15 is 0 Å². The predicted molar refractivity (Wildman–Crippen MR) is 84.4 cm³/mol. The highest BCUT2D eigenvalue weighted by Crippen LogP contribution is 2.29. The van der Waals surface area contributed by atoms with Gasteiger partial charge >= 0.3 is 5.97 Å². The normalized spacial score (nSPS) is 18.0. The van der Waals surface area contributed by atoms with Crippen molar-refractivity contribution in [1.29, 1.82) is 0 Å². The maximum atomic E-state index is 12.6. The number of carbonyl (C=O) groups is 3. The fourth-order valence-electron chi connectivity index (χ4n) is 3.37. The predicted octanol–water partition coefficient (Wildman–Crippen LogP) is 1.53. The van der Waals surface area contributed by atoms with Crippen LogP contribution in [0.15, 0.2) is 18.2 Å². The number of aliphatic carboxylic acids is 1. The second-order valence-electron chi connectivity index (χ2n) is 6.17. The van der Waals surface area contributed by atoms with Crippen molar-refractivity contribution in [3.8, 4) is 0 Å². The van der Waals surface area contributed by atoms with Crippen LogP contribution in [0.4, 0.5) is 5.69 Å². The van der Waals surface area contributed by atoms with Crippen LogP contribution in [0.25, 0.3) is 0 Å². The van der Waals surface area contributed by atoms with Crippen LogP contribution in [0, 0.1) is 5.92 Å². The molecule has 3 rings (SSSR count). The van der Waals surface area contributed by atoms with E-state index in [0.717, 1.165) is 17.7 Å². The average Bonchev–Trinajstić information content (AvgIpc) is 2.97. The molecule has 0 atom stereocenters. The number of rotatable bonds is 2. The van der Waals surface area contributed by atoms with Crippen LogP contribution in [0.5, 0.6) is 0 Å². The van der Waals surface area contributed by atoms with Gasteiger partial charge in [0.1, 0.15) is 0 Å². The number of carbonyl (C=O) groups excluding carboxylic acids is 2. The lowest BCUT2D eigenvalue weighted by Crippen LogP contribution is -2.40. The molecule has 6 heteroatoms. The summed E-state index contributed by atoms with van der Waals surface area (Å²) in [5.41, 5.74) is 2.52. The van der Waals surface area contributed by atoms with Gasteiger partial charge in [-0.25, -0.2) is 0 Å². The Hall–Kier alpha value is -2.37. The van der Waals surface area contributed by atoms with E-state index in [1.54, 1.807) is 22.8 Å². The summed E-state index contributed by atoms with van der Waals surface area (Å²) < 4.78 is 0. The van der Waals surface area contributed by atoms with Gasteiger partial charge in [0.15, 0.2) is 0 Å². The van der Waals surface area contributed by atoms with Crippen molar-refractivity contribution in [1.82, 2.24) is 4.90 Å². The number of carboxylic acid groups (broad SMARTS) is 1. The van der Waals surface area contributed by atoms with Crippen LogP contribution < -0.4 is 4.90 Å². The van der Waals surface area contributed by atoms with Crippen LogP contribution in [-0.2, 0) is 16.0 Å². The number of amides is 2. The molecule has 2 aliphatic rings. The molecule has 2 amide bonds. The molecule has 2 heterocycles. The first kappa shape index (κ1) is 15.5. The molecule has 0 radical (unpaired) electrons. The first-order valence-corrected chi connectivity index (χ1v) is 7.90. The van der Waals surface area contributed by atoms with Crippen LogP contribution in [0.3, 0.4) is 0 Å². The van der Waals surface area contributed by atoms with Gasteiger partial charge in [-0.1, -0.05) is 0 Å². The summed E-state index contributed by atoms with van der Waals surface area (Å²) in [7, 11) is 0. The van der Waals surface area contributed by atoms with E-state index in [1.165, 1.54) is 0 Å². The molecule has 0 spiro atoms. The summed E-state index contributed by atoms with van der Waals surface area (Å²) in [5, 5.41) is 9.02. The van der Waals surface area contributed by atoms with Crippen molar-refractivity contribution in [2.24, 2.45) is 5.92 Å². The standard InChI is InChI=1S/C17H20N2O4/c1-11(20)19-9-6-13-10-14(2-3-15(13)19)16(21)18-7-4-12(5-8-18)17(22)23/h2-3,10,12H,4-9H2,1H3,(H,22,23). The van der Waals surface area contributed by atoms with E-state index < -0.39 is 5.97 Å². The molecule has 0 bridgehead atoms. The highest BCUT2D eigenvalue weighted by molar-refractivity contribution is 5.98. The Labute approximate surface area is 134 Å². The molecule has 1 fully saturated rings. The average molecular weight is 316 g/mol. The summed E-state index contributed by atoms with van der Waals surface area (Å²) in [6.45, 7) is 3.16. The molecule has 0 aliphatic carbocycles. The van der Waals surface area contributed by atoms with E-state index in [2.05, 4.69) is 0 Å². The summed E-state index contributed by atoms with van der Waals surface area (Å²) in [4.78, 5) is 38.6. The van der Waals surface area contributed by atoms with Crippen molar-refractivity contribution in [3.05, 3.63) is 29.3 Å². The van der Waals surface area contributed by atoms with Gasteiger partial charge in [-0.2, -0.15) is 0 Å². The first-order valence-electron chi connectivity index (χ1n) is 7.90. The molecule has 1 aromatic carbocycles. The van der Waals surface area contributed by atoms with E-state index in [-0.39, 0.29) is 17.7 Å². The number of benzene rings is 1. The molecule has 1 aromatic rings. The second-order valence-corrected chi connectivity index (χ2v) is 6.17. The minimum atomic E-state index is -0.779. The van der Waals surface area contributed by atoms with Crippen molar-refractivity contribution in [3.63, 3.8) is 0 Å². The fourth-order valence-corrected chi connectivity index (χ4v) is 3.37. The number of likely N-dealkylation sites (tertiary alicyclic amines) is 1. The maximum Gasteiger partial charge on any atom is 0.306 e. The van der Waals surface area contributed by atoms with Crippen LogP contribution >= 0.6 is 0 Å². The highest BCUT2D eigenvalue weighted by atomic mass is 16.4. The van der Waals surface area contributed by atoms with Crippen LogP contribution in [0.1, 0.15) is 35.7 Å². The molecule has 0 aromatic heterocycles. The smallest absolute Gasteiger partial charge is 0.306 e. The van der Waals surface area contributed by atoms with Crippen molar-refractivity contribution < 1.29 is 19.5 Å². The maximum absolute atomic E-state index is 12.6. The Morgan fingerprint density at radius 1 is 1.13 bits per heavy atom. The molecule has 23 heavy (non-hydrogen) atoms. The Morgan fingerprint density at radius 2 is 1.83 bits per heavy atom. The molecule has 122 valence electrons.